The predicted octanol–water partition coefficient (Wildman–Crippen LogP) is 3.74. The summed E-state index contributed by atoms with van der Waals surface area (Å²) in [5, 5.41) is 6.26. The number of nitrogens with one attached hydrogen (secondary N) is 2. The molecule has 0 fully saturated rings. The van der Waals surface area contributed by atoms with Gasteiger partial charge < -0.3 is 10.6 Å². The Morgan fingerprint density at radius 1 is 1.11 bits per heavy atom. The van der Waals surface area contributed by atoms with Gasteiger partial charge in [0.15, 0.2) is 0 Å². The molecule has 1 aromatic rings. The largest absolute Gasteiger partial charge is 0.385 e. The molecule has 0 heterocycles. The summed E-state index contributed by atoms with van der Waals surface area (Å²) in [6, 6.07) is 7.86. The van der Waals surface area contributed by atoms with Crippen LogP contribution in [0.2, 0.25) is 0 Å². The van der Waals surface area contributed by atoms with Gasteiger partial charge in [0.1, 0.15) is 0 Å². The van der Waals surface area contributed by atoms with E-state index in [1.165, 1.54) is 6.42 Å². The number of hydrogen-bond donors (Lipinski definition) is 2. The van der Waals surface area contributed by atoms with Gasteiger partial charge in [-0.1, -0.05) is 34.1 Å². The molecular weight excluding hydrogens is 224 g/mol. The monoisotopic (exact) mass is 248 g/mol. The Kier molecular flexibility index (Phi) is 5.69. The first kappa shape index (κ1) is 14.6. The van der Waals surface area contributed by atoms with Crippen LogP contribution in [0.15, 0.2) is 24.3 Å². The van der Waals surface area contributed by atoms with Gasteiger partial charge >= 0.3 is 0 Å². The number of anilines is 2. The molecule has 0 aromatic heterocycles. The molecule has 0 radical (unpaired) electrons. The molecule has 1 atom stereocenters. The standard InChI is InChI=1S/C15H24N2O/c1-5-12(4)10-16-13-6-8-14(9-7-13)17-15(18)11(2)3/h6-9,11-12,16H,5,10H2,1-4H3,(H,17,18). The van der Waals surface area contributed by atoms with Crippen LogP contribution in [0, 0.1) is 11.8 Å². The van der Waals surface area contributed by atoms with Gasteiger partial charge in [0, 0.05) is 23.8 Å². The summed E-state index contributed by atoms with van der Waals surface area (Å²) < 4.78 is 0. The Hall–Kier alpha value is -1.51. The Morgan fingerprint density at radius 3 is 2.17 bits per heavy atom. The fraction of sp³-hybridized carbons (Fsp3) is 0.533. The minimum Gasteiger partial charge on any atom is -0.385 e. The Labute approximate surface area is 110 Å². The molecule has 0 saturated heterocycles. The van der Waals surface area contributed by atoms with Crippen molar-refractivity contribution in [2.45, 2.75) is 34.1 Å². The van der Waals surface area contributed by atoms with Crippen LogP contribution < -0.4 is 10.6 Å². The van der Waals surface area contributed by atoms with Gasteiger partial charge in [-0.25, -0.2) is 0 Å². The van der Waals surface area contributed by atoms with Crippen LogP contribution in [0.3, 0.4) is 0 Å². The van der Waals surface area contributed by atoms with Crippen LogP contribution >= 0.6 is 0 Å². The average molecular weight is 248 g/mol. The lowest BCUT2D eigenvalue weighted by Gasteiger charge is -2.12. The van der Waals surface area contributed by atoms with E-state index >= 15 is 0 Å². The normalized spacial score (nSPS) is 12.3. The molecule has 0 saturated carbocycles. The van der Waals surface area contributed by atoms with E-state index in [1.54, 1.807) is 0 Å². The number of benzene rings is 1. The van der Waals surface area contributed by atoms with E-state index in [0.29, 0.717) is 5.92 Å². The van der Waals surface area contributed by atoms with Gasteiger partial charge in [-0.05, 0) is 30.2 Å². The summed E-state index contributed by atoms with van der Waals surface area (Å²) in [5.74, 6) is 0.730. The first-order valence-corrected chi connectivity index (χ1v) is 6.67. The van der Waals surface area contributed by atoms with Crippen LogP contribution in [0.25, 0.3) is 0 Å². The number of hydrogen-bond acceptors (Lipinski definition) is 2. The van der Waals surface area contributed by atoms with Crippen LogP contribution in [-0.2, 0) is 4.79 Å². The SMILES string of the molecule is CCC(C)CNc1ccc(NC(=O)C(C)C)cc1. The summed E-state index contributed by atoms with van der Waals surface area (Å²) >= 11 is 0. The van der Waals surface area contributed by atoms with E-state index in [2.05, 4.69) is 24.5 Å². The molecule has 100 valence electrons. The summed E-state index contributed by atoms with van der Waals surface area (Å²) in [4.78, 5) is 11.5. The second-order valence-corrected chi connectivity index (χ2v) is 5.12. The number of carbonyl (C=O) groups excluding carboxylic acids is 1. The zero-order valence-corrected chi connectivity index (χ0v) is 11.8. The third-order valence-electron chi connectivity index (χ3n) is 3.03. The van der Waals surface area contributed by atoms with Gasteiger partial charge in [-0.2, -0.15) is 0 Å². The topological polar surface area (TPSA) is 41.1 Å². The molecule has 0 aliphatic heterocycles. The highest BCUT2D eigenvalue weighted by molar-refractivity contribution is 5.92. The Bertz CT molecular complexity index is 371. The van der Waals surface area contributed by atoms with Crippen LogP contribution in [0.4, 0.5) is 11.4 Å². The lowest BCUT2D eigenvalue weighted by molar-refractivity contribution is -0.118. The van der Waals surface area contributed by atoms with E-state index in [9.17, 15) is 4.79 Å². The average Bonchev–Trinajstić information content (AvgIpc) is 2.37. The molecule has 1 amide bonds. The second-order valence-electron chi connectivity index (χ2n) is 5.12. The van der Waals surface area contributed by atoms with Crippen molar-refractivity contribution in [3.8, 4) is 0 Å². The number of rotatable bonds is 6. The summed E-state index contributed by atoms with van der Waals surface area (Å²) in [5.41, 5.74) is 1.95. The maximum atomic E-state index is 11.5. The minimum atomic E-state index is 0.00760. The van der Waals surface area contributed by atoms with Gasteiger partial charge in [-0.3, -0.25) is 4.79 Å². The number of amides is 1. The molecule has 3 heteroatoms. The lowest BCUT2D eigenvalue weighted by Crippen LogP contribution is -2.17. The Morgan fingerprint density at radius 2 is 1.67 bits per heavy atom. The molecule has 1 aromatic carbocycles. The van der Waals surface area contributed by atoms with Crippen LogP contribution in [0.1, 0.15) is 34.1 Å². The smallest absolute Gasteiger partial charge is 0.226 e. The van der Waals surface area contributed by atoms with Crippen LogP contribution in [0.5, 0.6) is 0 Å². The van der Waals surface area contributed by atoms with Gasteiger partial charge in [0.05, 0.1) is 0 Å². The van der Waals surface area contributed by atoms with Crippen molar-refractivity contribution in [1.29, 1.82) is 0 Å². The van der Waals surface area contributed by atoms with Crippen molar-refractivity contribution < 1.29 is 4.79 Å². The molecule has 0 aliphatic carbocycles. The predicted molar refractivity (Wildman–Crippen MR) is 77.9 cm³/mol. The van der Waals surface area contributed by atoms with Gasteiger partial charge in [0.2, 0.25) is 5.91 Å². The van der Waals surface area contributed by atoms with E-state index in [0.717, 1.165) is 17.9 Å². The molecular formula is C15H24N2O. The van der Waals surface area contributed by atoms with E-state index in [-0.39, 0.29) is 11.8 Å². The maximum absolute atomic E-state index is 11.5. The molecule has 3 nitrogen and oxygen atoms in total. The fourth-order valence-electron chi connectivity index (χ4n) is 1.39. The van der Waals surface area contributed by atoms with Crippen molar-refractivity contribution in [3.63, 3.8) is 0 Å². The van der Waals surface area contributed by atoms with Gasteiger partial charge in [0.25, 0.3) is 0 Å². The molecule has 1 unspecified atom stereocenters. The third kappa shape index (κ3) is 4.78. The van der Waals surface area contributed by atoms with Crippen molar-refractivity contribution in [2.75, 3.05) is 17.2 Å². The Balaban J connectivity index is 2.50. The molecule has 18 heavy (non-hydrogen) atoms. The lowest BCUT2D eigenvalue weighted by atomic mass is 10.1. The highest BCUT2D eigenvalue weighted by Gasteiger charge is 2.06. The number of carbonyl (C=O) groups is 1. The van der Waals surface area contributed by atoms with Crippen molar-refractivity contribution in [1.82, 2.24) is 0 Å². The molecule has 0 aliphatic rings. The zero-order chi connectivity index (χ0) is 13.5. The van der Waals surface area contributed by atoms with E-state index < -0.39 is 0 Å². The van der Waals surface area contributed by atoms with Crippen molar-refractivity contribution >= 4 is 17.3 Å². The highest BCUT2D eigenvalue weighted by atomic mass is 16.1. The molecule has 1 rings (SSSR count). The van der Waals surface area contributed by atoms with Crippen LogP contribution in [-0.4, -0.2) is 12.5 Å². The maximum Gasteiger partial charge on any atom is 0.226 e. The van der Waals surface area contributed by atoms with Gasteiger partial charge in [-0.15, -0.1) is 0 Å². The highest BCUT2D eigenvalue weighted by Crippen LogP contribution is 2.15. The summed E-state index contributed by atoms with van der Waals surface area (Å²) in [6.45, 7) is 9.17. The first-order valence-electron chi connectivity index (χ1n) is 6.67. The summed E-state index contributed by atoms with van der Waals surface area (Å²) in [6.07, 6.45) is 1.18. The molecule has 2 N–H and O–H groups in total. The zero-order valence-electron chi connectivity index (χ0n) is 11.8. The fourth-order valence-corrected chi connectivity index (χ4v) is 1.39. The molecule has 0 spiro atoms. The summed E-state index contributed by atoms with van der Waals surface area (Å²) in [7, 11) is 0. The van der Waals surface area contributed by atoms with Crippen molar-refractivity contribution in [2.24, 2.45) is 11.8 Å². The van der Waals surface area contributed by atoms with E-state index in [1.807, 2.05) is 38.1 Å². The van der Waals surface area contributed by atoms with E-state index in [4.69, 9.17) is 0 Å². The first-order chi connectivity index (χ1) is 8.52. The minimum absolute atomic E-state index is 0.00760. The second kappa shape index (κ2) is 7.04. The van der Waals surface area contributed by atoms with Crippen molar-refractivity contribution in [3.05, 3.63) is 24.3 Å². The third-order valence-corrected chi connectivity index (χ3v) is 3.03. The quantitative estimate of drug-likeness (QED) is 0.805. The molecule has 0 bridgehead atoms.